The molecule has 1 aliphatic rings. The van der Waals surface area contributed by atoms with Gasteiger partial charge in [-0.1, -0.05) is 72.8 Å². The van der Waals surface area contributed by atoms with Gasteiger partial charge >= 0.3 is 0 Å². The van der Waals surface area contributed by atoms with Gasteiger partial charge in [-0.15, -0.1) is 11.8 Å². The molecule has 9 heteroatoms. The van der Waals surface area contributed by atoms with Crippen molar-refractivity contribution in [3.63, 3.8) is 0 Å². The SMILES string of the molecule is O=S(=O)(NCc1ccc(C2OC(CSc3ccccn3)CC(c3ccc(CO)cc3)O2)cc1)c1ccccc1. The maximum Gasteiger partial charge on any atom is 0.240 e. The molecule has 0 radical (unpaired) electrons. The third kappa shape index (κ3) is 7.33. The first-order valence-corrected chi connectivity index (χ1v) is 15.1. The Bertz CT molecular complexity index is 1430. The molecule has 1 saturated heterocycles. The van der Waals surface area contributed by atoms with Crippen LogP contribution in [-0.2, 0) is 32.6 Å². The summed E-state index contributed by atoms with van der Waals surface area (Å²) >= 11 is 1.65. The zero-order chi connectivity index (χ0) is 27.1. The number of pyridine rings is 1. The first kappa shape index (κ1) is 27.5. The summed E-state index contributed by atoms with van der Waals surface area (Å²) in [4.78, 5) is 4.64. The molecule has 2 heterocycles. The van der Waals surface area contributed by atoms with Gasteiger partial charge in [0.05, 0.1) is 28.7 Å². The summed E-state index contributed by atoms with van der Waals surface area (Å²) in [6.07, 6.45) is 1.64. The molecule has 0 saturated carbocycles. The summed E-state index contributed by atoms with van der Waals surface area (Å²) in [6, 6.07) is 29.6. The topological polar surface area (TPSA) is 97.8 Å². The van der Waals surface area contributed by atoms with Crippen molar-refractivity contribution in [1.82, 2.24) is 9.71 Å². The smallest absolute Gasteiger partial charge is 0.240 e. The molecular weight excluding hydrogens is 532 g/mol. The van der Waals surface area contributed by atoms with Gasteiger partial charge in [0.2, 0.25) is 10.0 Å². The van der Waals surface area contributed by atoms with Crippen molar-refractivity contribution >= 4 is 21.8 Å². The molecule has 3 atom stereocenters. The van der Waals surface area contributed by atoms with E-state index in [1.165, 1.54) is 0 Å². The number of aliphatic hydroxyl groups is 1. The average molecular weight is 563 g/mol. The summed E-state index contributed by atoms with van der Waals surface area (Å²) in [5.41, 5.74) is 3.56. The lowest BCUT2D eigenvalue weighted by atomic mass is 10.0. The zero-order valence-electron chi connectivity index (χ0n) is 21.2. The van der Waals surface area contributed by atoms with Crippen LogP contribution in [0.1, 0.15) is 41.1 Å². The van der Waals surface area contributed by atoms with Gasteiger partial charge in [-0.05, 0) is 41.0 Å². The van der Waals surface area contributed by atoms with Crippen LogP contribution in [0, 0.1) is 0 Å². The molecule has 1 aliphatic heterocycles. The summed E-state index contributed by atoms with van der Waals surface area (Å²) in [7, 11) is -3.59. The minimum Gasteiger partial charge on any atom is -0.392 e. The van der Waals surface area contributed by atoms with Crippen LogP contribution in [-0.4, -0.2) is 30.4 Å². The van der Waals surface area contributed by atoms with E-state index in [9.17, 15) is 13.5 Å². The van der Waals surface area contributed by atoms with Crippen molar-refractivity contribution < 1.29 is 23.0 Å². The highest BCUT2D eigenvalue weighted by Crippen LogP contribution is 2.39. The van der Waals surface area contributed by atoms with E-state index >= 15 is 0 Å². The van der Waals surface area contributed by atoms with Crippen molar-refractivity contribution in [2.24, 2.45) is 0 Å². The fourth-order valence-corrected chi connectivity index (χ4v) is 6.21. The van der Waals surface area contributed by atoms with Crippen molar-refractivity contribution in [3.8, 4) is 0 Å². The van der Waals surface area contributed by atoms with E-state index in [2.05, 4.69) is 9.71 Å². The second kappa shape index (κ2) is 12.9. The molecule has 3 unspecified atom stereocenters. The van der Waals surface area contributed by atoms with Gasteiger partial charge < -0.3 is 14.6 Å². The number of aliphatic hydroxyl groups excluding tert-OH is 1. The summed E-state index contributed by atoms with van der Waals surface area (Å²) in [6.45, 7) is 0.168. The Morgan fingerprint density at radius 3 is 2.23 bits per heavy atom. The first-order valence-electron chi connectivity index (χ1n) is 12.7. The maximum atomic E-state index is 12.6. The van der Waals surface area contributed by atoms with Crippen LogP contribution in [0.2, 0.25) is 0 Å². The molecule has 0 spiro atoms. The number of sulfonamides is 1. The number of nitrogens with one attached hydrogen (secondary N) is 1. The normalized spacial score (nSPS) is 19.6. The van der Waals surface area contributed by atoms with Crippen LogP contribution in [0.5, 0.6) is 0 Å². The van der Waals surface area contributed by atoms with E-state index in [1.54, 1.807) is 48.3 Å². The highest BCUT2D eigenvalue weighted by molar-refractivity contribution is 7.99. The van der Waals surface area contributed by atoms with E-state index in [4.69, 9.17) is 9.47 Å². The van der Waals surface area contributed by atoms with E-state index in [0.717, 1.165) is 33.0 Å². The summed E-state index contributed by atoms with van der Waals surface area (Å²) in [5.74, 6) is 0.724. The highest BCUT2D eigenvalue weighted by atomic mass is 32.2. The Hall–Kier alpha value is -3.05. The van der Waals surface area contributed by atoms with E-state index in [1.807, 2.05) is 66.7 Å². The predicted molar refractivity (Wildman–Crippen MR) is 150 cm³/mol. The largest absolute Gasteiger partial charge is 0.392 e. The Kier molecular flexibility index (Phi) is 9.08. The van der Waals surface area contributed by atoms with Crippen LogP contribution in [0.25, 0.3) is 0 Å². The first-order chi connectivity index (χ1) is 19.0. The Morgan fingerprint density at radius 1 is 0.846 bits per heavy atom. The monoisotopic (exact) mass is 562 g/mol. The van der Waals surface area contributed by atoms with Crippen LogP contribution in [0.4, 0.5) is 0 Å². The van der Waals surface area contributed by atoms with Gasteiger partial charge in [-0.3, -0.25) is 0 Å². The Labute approximate surface area is 233 Å². The molecule has 39 heavy (non-hydrogen) atoms. The number of thioether (sulfide) groups is 1. The van der Waals surface area contributed by atoms with Gasteiger partial charge in [-0.2, -0.15) is 0 Å². The molecule has 202 valence electrons. The van der Waals surface area contributed by atoms with Gasteiger partial charge in [0.1, 0.15) is 0 Å². The number of hydrogen-bond acceptors (Lipinski definition) is 7. The summed E-state index contributed by atoms with van der Waals surface area (Å²) < 4.78 is 40.6. The van der Waals surface area contributed by atoms with Crippen LogP contribution < -0.4 is 4.72 Å². The predicted octanol–water partition coefficient (Wildman–Crippen LogP) is 5.39. The van der Waals surface area contributed by atoms with Crippen molar-refractivity contribution in [3.05, 3.63) is 126 Å². The molecule has 7 nitrogen and oxygen atoms in total. The summed E-state index contributed by atoms with van der Waals surface area (Å²) in [5, 5.41) is 10.4. The fraction of sp³-hybridized carbons (Fsp3) is 0.233. The standard InChI is InChI=1S/C30H30N2O5S2/c33-20-23-11-13-24(14-12-23)28-18-26(21-38-29-8-4-5-17-31-29)36-30(37-28)25-15-9-22(10-16-25)19-32-39(34,35)27-6-2-1-3-7-27/h1-17,26,28,30,32-33H,18-21H2. The second-order valence-electron chi connectivity index (χ2n) is 9.21. The number of rotatable bonds is 10. The van der Waals surface area contributed by atoms with Gasteiger partial charge in [-0.25, -0.2) is 18.1 Å². The number of benzene rings is 3. The number of hydrogen-bond donors (Lipinski definition) is 2. The third-order valence-electron chi connectivity index (χ3n) is 6.44. The van der Waals surface area contributed by atoms with E-state index in [-0.39, 0.29) is 30.3 Å². The molecule has 2 N–H and O–H groups in total. The van der Waals surface area contributed by atoms with Gasteiger partial charge in [0.25, 0.3) is 0 Å². The molecule has 5 rings (SSSR count). The minimum atomic E-state index is -3.59. The lowest BCUT2D eigenvalue weighted by molar-refractivity contribution is -0.245. The van der Waals surface area contributed by atoms with E-state index in [0.29, 0.717) is 6.42 Å². The van der Waals surface area contributed by atoms with Crippen LogP contribution in [0.3, 0.4) is 0 Å². The second-order valence-corrected chi connectivity index (χ2v) is 12.0. The zero-order valence-corrected chi connectivity index (χ0v) is 22.9. The maximum absolute atomic E-state index is 12.6. The molecule has 3 aromatic carbocycles. The average Bonchev–Trinajstić information content (AvgIpc) is 3.00. The minimum absolute atomic E-state index is 0.00522. The number of nitrogens with zero attached hydrogens (tertiary/aromatic N) is 1. The molecule has 4 aromatic rings. The van der Waals surface area contributed by atoms with Gasteiger partial charge in [0.15, 0.2) is 6.29 Å². The van der Waals surface area contributed by atoms with Crippen molar-refractivity contribution in [2.75, 3.05) is 5.75 Å². The molecule has 0 amide bonds. The number of aromatic nitrogens is 1. The Morgan fingerprint density at radius 2 is 1.54 bits per heavy atom. The quantitative estimate of drug-likeness (QED) is 0.250. The molecule has 1 fully saturated rings. The fourth-order valence-electron chi connectivity index (χ4n) is 4.29. The Balaban J connectivity index is 1.28. The molecule has 0 bridgehead atoms. The van der Waals surface area contributed by atoms with Gasteiger partial charge in [0, 0.05) is 30.5 Å². The molecule has 0 aliphatic carbocycles. The van der Waals surface area contributed by atoms with Crippen LogP contribution in [0.15, 0.2) is 113 Å². The van der Waals surface area contributed by atoms with Crippen molar-refractivity contribution in [1.29, 1.82) is 0 Å². The highest BCUT2D eigenvalue weighted by Gasteiger charge is 2.32. The lowest BCUT2D eigenvalue weighted by Crippen LogP contribution is -2.31. The molecule has 1 aromatic heterocycles. The van der Waals surface area contributed by atoms with Crippen LogP contribution >= 0.6 is 11.8 Å². The van der Waals surface area contributed by atoms with E-state index < -0.39 is 16.3 Å². The number of ether oxygens (including phenoxy) is 2. The third-order valence-corrected chi connectivity index (χ3v) is 8.93. The molecular formula is C30H30N2O5S2. The lowest BCUT2D eigenvalue weighted by Gasteiger charge is -2.36. The van der Waals surface area contributed by atoms with Crippen molar-refractivity contribution in [2.45, 2.75) is 48.0 Å².